The third kappa shape index (κ3) is 8.14. The molecule has 2 aromatic carbocycles. The minimum Gasteiger partial charge on any atom is -0.495 e. The van der Waals surface area contributed by atoms with Gasteiger partial charge in [-0.05, 0) is 44.0 Å². The van der Waals surface area contributed by atoms with Gasteiger partial charge >= 0.3 is 0 Å². The smallest absolute Gasteiger partial charge is 0.244 e. The first kappa shape index (κ1) is 28.5. The van der Waals surface area contributed by atoms with Crippen molar-refractivity contribution in [3.05, 3.63) is 58.6 Å². The second kappa shape index (κ2) is 12.8. The lowest BCUT2D eigenvalue weighted by Crippen LogP contribution is -2.51. The van der Waals surface area contributed by atoms with Crippen LogP contribution in [0, 0.1) is 6.92 Å². The van der Waals surface area contributed by atoms with E-state index in [1.807, 2.05) is 38.1 Å². The van der Waals surface area contributed by atoms with Gasteiger partial charge in [-0.3, -0.25) is 13.9 Å². The molecule has 0 spiro atoms. The van der Waals surface area contributed by atoms with Gasteiger partial charge in [0.05, 0.1) is 24.1 Å². The lowest BCUT2D eigenvalue weighted by molar-refractivity contribution is -0.139. The molecule has 0 aliphatic heterocycles. The van der Waals surface area contributed by atoms with Crippen molar-refractivity contribution in [2.24, 2.45) is 0 Å². The highest BCUT2D eigenvalue weighted by atomic mass is 35.5. The predicted octanol–water partition coefficient (Wildman–Crippen LogP) is 3.76. The summed E-state index contributed by atoms with van der Waals surface area (Å²) in [7, 11) is -2.39. The molecule has 0 unspecified atom stereocenters. The molecule has 0 aliphatic rings. The van der Waals surface area contributed by atoms with E-state index >= 15 is 0 Å². The van der Waals surface area contributed by atoms with Crippen LogP contribution in [0.1, 0.15) is 37.8 Å². The molecule has 10 heteroatoms. The van der Waals surface area contributed by atoms with E-state index in [1.165, 1.54) is 30.2 Å². The van der Waals surface area contributed by atoms with Crippen molar-refractivity contribution in [2.45, 2.75) is 46.2 Å². The highest BCUT2D eigenvalue weighted by Gasteiger charge is 2.30. The van der Waals surface area contributed by atoms with Gasteiger partial charge < -0.3 is 15.0 Å². The van der Waals surface area contributed by atoms with Gasteiger partial charge in [0.15, 0.2) is 0 Å². The molecule has 0 radical (unpaired) electrons. The van der Waals surface area contributed by atoms with Crippen molar-refractivity contribution in [3.8, 4) is 5.75 Å². The van der Waals surface area contributed by atoms with Crippen LogP contribution < -0.4 is 14.4 Å². The first-order valence-electron chi connectivity index (χ1n) is 11.4. The molecular formula is C25H34ClN3O5S. The molecule has 2 amide bonds. The average Bonchev–Trinajstić information content (AvgIpc) is 2.80. The van der Waals surface area contributed by atoms with Crippen LogP contribution in [0.3, 0.4) is 0 Å². The van der Waals surface area contributed by atoms with Crippen LogP contribution in [0.2, 0.25) is 5.02 Å². The van der Waals surface area contributed by atoms with Crippen molar-refractivity contribution in [1.29, 1.82) is 0 Å². The summed E-state index contributed by atoms with van der Waals surface area (Å²) in [6.07, 6.45) is 2.77. The summed E-state index contributed by atoms with van der Waals surface area (Å²) in [4.78, 5) is 27.7. The number of unbranched alkanes of at least 4 members (excludes halogenated alkanes) is 1. The SMILES string of the molecule is CCCCNC(=O)[C@@H](C)N(Cc1ccc(C)cc1)C(=O)CN(c1ccc(OC)c(Cl)c1)S(C)(=O)=O. The number of benzene rings is 2. The van der Waals surface area contributed by atoms with Crippen molar-refractivity contribution < 1.29 is 22.7 Å². The van der Waals surface area contributed by atoms with Crippen molar-refractivity contribution in [3.63, 3.8) is 0 Å². The number of carbonyl (C=O) groups is 2. The second-order valence-corrected chi connectivity index (χ2v) is 10.7. The first-order chi connectivity index (χ1) is 16.5. The lowest BCUT2D eigenvalue weighted by Gasteiger charge is -2.31. The monoisotopic (exact) mass is 523 g/mol. The molecular weight excluding hydrogens is 490 g/mol. The molecule has 0 heterocycles. The molecule has 35 heavy (non-hydrogen) atoms. The quantitative estimate of drug-likeness (QED) is 0.427. The molecule has 1 N–H and O–H groups in total. The number of carbonyl (C=O) groups excluding carboxylic acids is 2. The molecule has 0 saturated carbocycles. The number of nitrogens with zero attached hydrogens (tertiary/aromatic N) is 2. The van der Waals surface area contributed by atoms with E-state index in [2.05, 4.69) is 5.32 Å². The van der Waals surface area contributed by atoms with Crippen molar-refractivity contribution >= 4 is 39.1 Å². The minimum absolute atomic E-state index is 0.155. The van der Waals surface area contributed by atoms with Gasteiger partial charge in [-0.25, -0.2) is 8.42 Å². The fraction of sp³-hybridized carbons (Fsp3) is 0.440. The van der Waals surface area contributed by atoms with Crippen LogP contribution in [-0.4, -0.2) is 57.6 Å². The normalized spacial score (nSPS) is 12.1. The maximum Gasteiger partial charge on any atom is 0.244 e. The van der Waals surface area contributed by atoms with Gasteiger partial charge in [-0.1, -0.05) is 54.8 Å². The van der Waals surface area contributed by atoms with E-state index in [1.54, 1.807) is 6.92 Å². The van der Waals surface area contributed by atoms with E-state index < -0.39 is 28.5 Å². The number of rotatable bonds is 12. The third-order valence-corrected chi connectivity index (χ3v) is 7.01. The zero-order valence-corrected chi connectivity index (χ0v) is 22.4. The number of aryl methyl sites for hydroxylation is 1. The number of halogens is 1. The fourth-order valence-corrected chi connectivity index (χ4v) is 4.53. The van der Waals surface area contributed by atoms with Gasteiger partial charge in [0.1, 0.15) is 18.3 Å². The van der Waals surface area contributed by atoms with E-state index in [9.17, 15) is 18.0 Å². The summed E-state index contributed by atoms with van der Waals surface area (Å²) in [6.45, 7) is 5.80. The van der Waals surface area contributed by atoms with Crippen LogP contribution in [0.15, 0.2) is 42.5 Å². The number of sulfonamides is 1. The number of hydrogen-bond acceptors (Lipinski definition) is 5. The molecule has 0 aromatic heterocycles. The molecule has 2 aromatic rings. The highest BCUT2D eigenvalue weighted by molar-refractivity contribution is 7.92. The summed E-state index contributed by atoms with van der Waals surface area (Å²) < 4.78 is 31.4. The molecule has 0 saturated heterocycles. The molecule has 192 valence electrons. The van der Waals surface area contributed by atoms with Gasteiger partial charge in [-0.15, -0.1) is 0 Å². The number of anilines is 1. The van der Waals surface area contributed by atoms with Crippen molar-refractivity contribution in [1.82, 2.24) is 10.2 Å². The Bertz CT molecular complexity index is 1120. The zero-order valence-electron chi connectivity index (χ0n) is 20.9. The average molecular weight is 524 g/mol. The Morgan fingerprint density at radius 3 is 2.34 bits per heavy atom. The molecule has 8 nitrogen and oxygen atoms in total. The first-order valence-corrected chi connectivity index (χ1v) is 13.6. The van der Waals surface area contributed by atoms with E-state index in [0.717, 1.165) is 34.5 Å². The summed E-state index contributed by atoms with van der Waals surface area (Å²) in [5.41, 5.74) is 2.12. The van der Waals surface area contributed by atoms with E-state index in [-0.39, 0.29) is 23.2 Å². The summed E-state index contributed by atoms with van der Waals surface area (Å²) >= 11 is 6.20. The minimum atomic E-state index is -3.84. The Kier molecular flexibility index (Phi) is 10.4. The van der Waals surface area contributed by atoms with Crippen LogP contribution in [0.4, 0.5) is 5.69 Å². The van der Waals surface area contributed by atoms with Gasteiger partial charge in [0.25, 0.3) is 0 Å². The van der Waals surface area contributed by atoms with Crippen LogP contribution in [0.25, 0.3) is 0 Å². The Hall–Kier alpha value is -2.78. The zero-order chi connectivity index (χ0) is 26.2. The van der Waals surface area contributed by atoms with Crippen LogP contribution in [0.5, 0.6) is 5.75 Å². The molecule has 0 aliphatic carbocycles. The summed E-state index contributed by atoms with van der Waals surface area (Å²) in [6, 6.07) is 11.3. The Morgan fingerprint density at radius 1 is 1.14 bits per heavy atom. The molecule has 0 fully saturated rings. The number of methoxy groups -OCH3 is 1. The van der Waals surface area contributed by atoms with Crippen LogP contribution >= 0.6 is 11.6 Å². The fourth-order valence-electron chi connectivity index (χ4n) is 3.43. The maximum absolute atomic E-state index is 13.5. The number of nitrogens with one attached hydrogen (secondary N) is 1. The Labute approximate surface area is 213 Å². The largest absolute Gasteiger partial charge is 0.495 e. The van der Waals surface area contributed by atoms with Gasteiger partial charge in [0, 0.05) is 13.1 Å². The number of ether oxygens (including phenoxy) is 1. The second-order valence-electron chi connectivity index (χ2n) is 8.42. The number of amides is 2. The summed E-state index contributed by atoms with van der Waals surface area (Å²) in [5.74, 6) is -0.424. The van der Waals surface area contributed by atoms with Gasteiger partial charge in [0.2, 0.25) is 21.8 Å². The van der Waals surface area contributed by atoms with E-state index in [0.29, 0.717) is 12.3 Å². The lowest BCUT2D eigenvalue weighted by atomic mass is 10.1. The predicted molar refractivity (Wildman–Crippen MR) is 139 cm³/mol. The van der Waals surface area contributed by atoms with Gasteiger partial charge in [-0.2, -0.15) is 0 Å². The summed E-state index contributed by atoms with van der Waals surface area (Å²) in [5, 5.41) is 3.07. The third-order valence-electron chi connectivity index (χ3n) is 5.57. The molecule has 1 atom stereocenters. The Balaban J connectivity index is 2.36. The standard InChI is InChI=1S/C25H34ClN3O5S/c1-6-7-14-27-25(31)19(3)28(16-20-10-8-18(2)9-11-20)24(30)17-29(35(5,32)33)21-12-13-23(34-4)22(26)15-21/h8-13,15,19H,6-7,14,16-17H2,1-5H3,(H,27,31)/t19-/m1/s1. The van der Waals surface area contributed by atoms with Crippen molar-refractivity contribution in [2.75, 3.05) is 30.8 Å². The highest BCUT2D eigenvalue weighted by Crippen LogP contribution is 2.30. The number of hydrogen-bond donors (Lipinski definition) is 1. The topological polar surface area (TPSA) is 96.0 Å². The Morgan fingerprint density at radius 2 is 1.80 bits per heavy atom. The molecule has 0 bridgehead atoms. The van der Waals surface area contributed by atoms with E-state index in [4.69, 9.17) is 16.3 Å². The molecule has 2 rings (SSSR count). The van der Waals surface area contributed by atoms with Crippen LogP contribution in [-0.2, 0) is 26.2 Å². The maximum atomic E-state index is 13.5.